The molecule has 0 atom stereocenters. The predicted octanol–water partition coefficient (Wildman–Crippen LogP) is 2.34. The lowest BCUT2D eigenvalue weighted by molar-refractivity contribution is 0.617. The first kappa shape index (κ1) is 8.75. The third-order valence-corrected chi connectivity index (χ3v) is 4.09. The van der Waals surface area contributed by atoms with Crippen LogP contribution in [0, 0.1) is 5.92 Å². The first-order valence-electron chi connectivity index (χ1n) is 3.73. The molecule has 3 heteroatoms. The fourth-order valence-corrected chi connectivity index (χ4v) is 3.69. The molecule has 10 heavy (non-hydrogen) atoms. The molecule has 0 saturated carbocycles. The summed E-state index contributed by atoms with van der Waals surface area (Å²) in [6.45, 7) is 4.59. The molecule has 1 nitrogen and oxygen atoms in total. The maximum absolute atomic E-state index is 3.31. The molecule has 1 aliphatic heterocycles. The van der Waals surface area contributed by atoms with Crippen molar-refractivity contribution < 1.29 is 0 Å². The minimum atomic E-state index is 0.848. The van der Waals surface area contributed by atoms with Crippen LogP contribution in [0.4, 0.5) is 0 Å². The molecule has 0 aromatic carbocycles. The lowest BCUT2D eigenvalue weighted by Crippen LogP contribution is -2.22. The highest BCUT2D eigenvalue weighted by molar-refractivity contribution is 8.17. The van der Waals surface area contributed by atoms with Crippen LogP contribution in [0.25, 0.3) is 0 Å². The van der Waals surface area contributed by atoms with Crippen molar-refractivity contribution in [2.45, 2.75) is 24.9 Å². The molecule has 60 valence electrons. The van der Waals surface area contributed by atoms with Crippen LogP contribution in [0.15, 0.2) is 0 Å². The average molecular weight is 177 g/mol. The van der Waals surface area contributed by atoms with Crippen LogP contribution < -0.4 is 5.32 Å². The van der Waals surface area contributed by atoms with Crippen molar-refractivity contribution in [1.29, 1.82) is 0 Å². The second-order valence-corrected chi connectivity index (χ2v) is 5.61. The molecular formula is C7H15NS2. The van der Waals surface area contributed by atoms with Crippen LogP contribution in [0.1, 0.15) is 20.3 Å². The lowest BCUT2D eigenvalue weighted by Gasteiger charge is -2.22. The zero-order chi connectivity index (χ0) is 7.40. The van der Waals surface area contributed by atoms with E-state index in [0.717, 1.165) is 22.3 Å². The average Bonchev–Trinajstić information content (AvgIpc) is 1.88. The summed E-state index contributed by atoms with van der Waals surface area (Å²) in [5.41, 5.74) is 0. The zero-order valence-corrected chi connectivity index (χ0v) is 8.23. The van der Waals surface area contributed by atoms with Crippen molar-refractivity contribution in [2.75, 3.05) is 11.8 Å². The van der Waals surface area contributed by atoms with E-state index in [4.69, 9.17) is 0 Å². The molecule has 1 rings (SSSR count). The molecule has 1 N–H and O–H groups in total. The maximum atomic E-state index is 3.31. The summed E-state index contributed by atoms with van der Waals surface area (Å²) < 4.78 is 0.848. The Labute approximate surface area is 71.7 Å². The molecule has 1 heterocycles. The predicted molar refractivity (Wildman–Crippen MR) is 51.3 cm³/mol. The van der Waals surface area contributed by atoms with Gasteiger partial charge in [0.05, 0.1) is 4.58 Å². The second-order valence-electron chi connectivity index (χ2n) is 2.93. The van der Waals surface area contributed by atoms with Crippen molar-refractivity contribution >= 4 is 23.5 Å². The van der Waals surface area contributed by atoms with E-state index in [9.17, 15) is 0 Å². The molecule has 0 bridgehead atoms. The fraction of sp³-hybridized carbons (Fsp3) is 1.00. The third kappa shape index (κ3) is 3.17. The van der Waals surface area contributed by atoms with Crippen molar-refractivity contribution in [3.05, 3.63) is 0 Å². The molecule has 0 aromatic heterocycles. The Morgan fingerprint density at radius 2 is 2.00 bits per heavy atom. The minimum Gasteiger partial charge on any atom is -0.299 e. The maximum Gasteiger partial charge on any atom is 0.0530 e. The summed E-state index contributed by atoms with van der Waals surface area (Å²) in [6.07, 6.45) is 1.36. The van der Waals surface area contributed by atoms with Crippen LogP contribution in [-0.2, 0) is 0 Å². The SMILES string of the molecule is CC(C)CC1SCNCS1. The summed E-state index contributed by atoms with van der Waals surface area (Å²) >= 11 is 4.09. The van der Waals surface area contributed by atoms with E-state index < -0.39 is 0 Å². The number of rotatable bonds is 2. The standard InChI is InChI=1S/C7H15NS2/c1-6(2)3-7-9-4-8-5-10-7/h6-8H,3-5H2,1-2H3. The van der Waals surface area contributed by atoms with Gasteiger partial charge in [-0.1, -0.05) is 13.8 Å². The van der Waals surface area contributed by atoms with Crippen LogP contribution in [0.5, 0.6) is 0 Å². The van der Waals surface area contributed by atoms with E-state index in [0.29, 0.717) is 0 Å². The third-order valence-electron chi connectivity index (χ3n) is 1.41. The van der Waals surface area contributed by atoms with Crippen molar-refractivity contribution in [2.24, 2.45) is 5.92 Å². The molecule has 0 unspecified atom stereocenters. The molecule has 0 radical (unpaired) electrons. The van der Waals surface area contributed by atoms with Gasteiger partial charge in [-0.3, -0.25) is 5.32 Å². The van der Waals surface area contributed by atoms with Crippen LogP contribution in [-0.4, -0.2) is 16.3 Å². The summed E-state index contributed by atoms with van der Waals surface area (Å²) in [4.78, 5) is 0. The van der Waals surface area contributed by atoms with Crippen molar-refractivity contribution in [3.63, 3.8) is 0 Å². The Morgan fingerprint density at radius 3 is 2.50 bits per heavy atom. The quantitative estimate of drug-likeness (QED) is 0.695. The van der Waals surface area contributed by atoms with Gasteiger partial charge < -0.3 is 0 Å². The minimum absolute atomic E-state index is 0.848. The second kappa shape index (κ2) is 4.52. The molecule has 0 spiro atoms. The molecule has 0 aromatic rings. The molecule has 0 amide bonds. The van der Waals surface area contributed by atoms with E-state index >= 15 is 0 Å². The fourth-order valence-electron chi connectivity index (χ4n) is 0.915. The Hall–Kier alpha value is 0.660. The first-order valence-corrected chi connectivity index (χ1v) is 5.82. The lowest BCUT2D eigenvalue weighted by atomic mass is 10.2. The number of hydrogen-bond acceptors (Lipinski definition) is 3. The zero-order valence-electron chi connectivity index (χ0n) is 6.59. The van der Waals surface area contributed by atoms with Gasteiger partial charge in [-0.15, -0.1) is 23.5 Å². The van der Waals surface area contributed by atoms with Gasteiger partial charge in [-0.25, -0.2) is 0 Å². The Kier molecular flexibility index (Phi) is 3.96. The van der Waals surface area contributed by atoms with Gasteiger partial charge in [-0.05, 0) is 12.3 Å². The molecular weight excluding hydrogens is 162 g/mol. The molecule has 1 aliphatic rings. The summed E-state index contributed by atoms with van der Waals surface area (Å²) in [5.74, 6) is 3.14. The number of hydrogen-bond donors (Lipinski definition) is 1. The van der Waals surface area contributed by atoms with Gasteiger partial charge in [0, 0.05) is 11.8 Å². The van der Waals surface area contributed by atoms with Crippen molar-refractivity contribution in [1.82, 2.24) is 5.32 Å². The highest BCUT2D eigenvalue weighted by Gasteiger charge is 2.14. The Bertz CT molecular complexity index is 89.6. The normalized spacial score (nSPS) is 21.9. The van der Waals surface area contributed by atoms with Gasteiger partial charge in [-0.2, -0.15) is 0 Å². The Balaban J connectivity index is 2.13. The van der Waals surface area contributed by atoms with Crippen molar-refractivity contribution in [3.8, 4) is 0 Å². The largest absolute Gasteiger partial charge is 0.299 e. The van der Waals surface area contributed by atoms with E-state index in [1.807, 2.05) is 23.5 Å². The van der Waals surface area contributed by atoms with Crippen LogP contribution in [0.3, 0.4) is 0 Å². The molecule has 1 saturated heterocycles. The Morgan fingerprint density at radius 1 is 1.40 bits per heavy atom. The van der Waals surface area contributed by atoms with Gasteiger partial charge >= 0.3 is 0 Å². The highest BCUT2D eigenvalue weighted by Crippen LogP contribution is 2.31. The topological polar surface area (TPSA) is 12.0 Å². The van der Waals surface area contributed by atoms with Gasteiger partial charge in [0.15, 0.2) is 0 Å². The van der Waals surface area contributed by atoms with Gasteiger partial charge in [0.2, 0.25) is 0 Å². The van der Waals surface area contributed by atoms with Gasteiger partial charge in [0.1, 0.15) is 0 Å². The molecule has 0 aliphatic carbocycles. The summed E-state index contributed by atoms with van der Waals surface area (Å²) in [5, 5.41) is 3.31. The van der Waals surface area contributed by atoms with E-state index in [1.165, 1.54) is 6.42 Å². The van der Waals surface area contributed by atoms with E-state index in [2.05, 4.69) is 19.2 Å². The van der Waals surface area contributed by atoms with Gasteiger partial charge in [0.25, 0.3) is 0 Å². The van der Waals surface area contributed by atoms with E-state index in [1.54, 1.807) is 0 Å². The number of thioether (sulfide) groups is 2. The smallest absolute Gasteiger partial charge is 0.0530 e. The first-order chi connectivity index (χ1) is 4.79. The summed E-state index contributed by atoms with van der Waals surface area (Å²) in [6, 6.07) is 0. The molecule has 1 fully saturated rings. The highest BCUT2D eigenvalue weighted by atomic mass is 32.2. The van der Waals surface area contributed by atoms with Crippen LogP contribution in [0.2, 0.25) is 0 Å². The summed E-state index contributed by atoms with van der Waals surface area (Å²) in [7, 11) is 0. The monoisotopic (exact) mass is 177 g/mol. The number of nitrogens with one attached hydrogen (secondary N) is 1. The van der Waals surface area contributed by atoms with Crippen LogP contribution >= 0.6 is 23.5 Å². The van der Waals surface area contributed by atoms with E-state index in [-0.39, 0.29) is 0 Å².